The molecule has 6 heteroatoms. The van der Waals surface area contributed by atoms with Crippen LogP contribution < -0.4 is 5.32 Å². The zero-order chi connectivity index (χ0) is 16.9. The Balaban J connectivity index is 1.78. The summed E-state index contributed by atoms with van der Waals surface area (Å²) in [7, 11) is 0. The zero-order valence-corrected chi connectivity index (χ0v) is 12.7. The lowest BCUT2D eigenvalue weighted by molar-refractivity contribution is -0.139. The van der Waals surface area contributed by atoms with Gasteiger partial charge in [-0.15, -0.1) is 0 Å². The van der Waals surface area contributed by atoms with Crippen molar-refractivity contribution in [3.8, 4) is 0 Å². The van der Waals surface area contributed by atoms with Gasteiger partial charge in [0.05, 0.1) is 16.7 Å². The molecule has 0 saturated carbocycles. The predicted octanol–water partition coefficient (Wildman–Crippen LogP) is 2.06. The van der Waals surface area contributed by atoms with Crippen molar-refractivity contribution in [2.45, 2.75) is 12.5 Å². The summed E-state index contributed by atoms with van der Waals surface area (Å²) in [6, 6.07) is 14.8. The van der Waals surface area contributed by atoms with Crippen molar-refractivity contribution in [2.24, 2.45) is 0 Å². The number of aliphatic carboxylic acids is 1. The summed E-state index contributed by atoms with van der Waals surface area (Å²) in [6.07, 6.45) is 1.60. The van der Waals surface area contributed by atoms with Gasteiger partial charge < -0.3 is 10.4 Å². The number of carbonyl (C=O) groups is 2. The number of benzene rings is 2. The molecule has 6 nitrogen and oxygen atoms in total. The number of fused-ring (bicyclic) bond motifs is 1. The Kier molecular flexibility index (Phi) is 4.47. The lowest BCUT2D eigenvalue weighted by Gasteiger charge is -2.14. The van der Waals surface area contributed by atoms with Crippen molar-refractivity contribution in [2.75, 3.05) is 0 Å². The van der Waals surface area contributed by atoms with Crippen LogP contribution in [0.2, 0.25) is 0 Å². The molecule has 0 radical (unpaired) electrons. The van der Waals surface area contributed by atoms with E-state index >= 15 is 0 Å². The number of rotatable bonds is 5. The Morgan fingerprint density at radius 1 is 1.00 bits per heavy atom. The highest BCUT2D eigenvalue weighted by molar-refractivity contribution is 5.96. The first kappa shape index (κ1) is 15.6. The molecule has 3 aromatic rings. The first-order valence-corrected chi connectivity index (χ1v) is 7.43. The molecule has 0 aliphatic rings. The number of carbonyl (C=O) groups excluding carboxylic acids is 1. The smallest absolute Gasteiger partial charge is 0.326 e. The van der Waals surface area contributed by atoms with Crippen LogP contribution in [0.1, 0.15) is 16.1 Å². The Bertz CT molecular complexity index is 881. The van der Waals surface area contributed by atoms with Gasteiger partial charge >= 0.3 is 5.97 Å². The molecule has 0 saturated heterocycles. The molecule has 0 fully saturated rings. The molecule has 1 atom stereocenters. The number of carboxylic acids is 1. The highest BCUT2D eigenvalue weighted by Gasteiger charge is 2.22. The number of carboxylic acid groups (broad SMARTS) is 1. The fourth-order valence-electron chi connectivity index (χ4n) is 2.33. The van der Waals surface area contributed by atoms with Crippen LogP contribution in [0.3, 0.4) is 0 Å². The van der Waals surface area contributed by atoms with Gasteiger partial charge in [0, 0.05) is 18.2 Å². The van der Waals surface area contributed by atoms with Gasteiger partial charge in [-0.05, 0) is 24.3 Å². The van der Waals surface area contributed by atoms with Crippen LogP contribution in [-0.2, 0) is 11.2 Å². The Hall–Kier alpha value is -3.28. The second-order valence-corrected chi connectivity index (χ2v) is 5.28. The summed E-state index contributed by atoms with van der Waals surface area (Å²) in [5.74, 6) is -1.55. The first-order valence-electron chi connectivity index (χ1n) is 7.43. The largest absolute Gasteiger partial charge is 0.480 e. The third-order valence-electron chi connectivity index (χ3n) is 3.55. The fraction of sp³-hybridized carbons (Fsp3) is 0.111. The van der Waals surface area contributed by atoms with Gasteiger partial charge in [-0.2, -0.15) is 0 Å². The molecule has 3 rings (SSSR count). The summed E-state index contributed by atoms with van der Waals surface area (Å²) in [4.78, 5) is 32.3. The number of aromatic nitrogens is 2. The molecule has 1 heterocycles. The van der Waals surface area contributed by atoms with E-state index in [0.29, 0.717) is 16.8 Å². The molecule has 2 N–H and O–H groups in total. The standard InChI is InChI=1S/C18H15N3O3/c22-17(12-6-2-1-3-7-12)21-16(18(23)24)10-13-11-19-14-8-4-5-9-15(14)20-13/h1-9,11,16H,10H2,(H,21,22)(H,23,24)/t16-/m1/s1. The second-order valence-electron chi connectivity index (χ2n) is 5.28. The number of amides is 1. The number of hydrogen-bond donors (Lipinski definition) is 2. The average molecular weight is 321 g/mol. The highest BCUT2D eigenvalue weighted by atomic mass is 16.4. The summed E-state index contributed by atoms with van der Waals surface area (Å²) in [5, 5.41) is 11.9. The molecule has 0 bridgehead atoms. The van der Waals surface area contributed by atoms with E-state index in [0.717, 1.165) is 5.52 Å². The van der Waals surface area contributed by atoms with Gasteiger partial charge in [-0.1, -0.05) is 30.3 Å². The average Bonchev–Trinajstić information content (AvgIpc) is 2.61. The lowest BCUT2D eigenvalue weighted by atomic mass is 10.1. The zero-order valence-electron chi connectivity index (χ0n) is 12.7. The van der Waals surface area contributed by atoms with Crippen molar-refractivity contribution < 1.29 is 14.7 Å². The molecule has 1 amide bonds. The van der Waals surface area contributed by atoms with Crippen molar-refractivity contribution in [3.05, 3.63) is 72.1 Å². The van der Waals surface area contributed by atoms with E-state index in [1.807, 2.05) is 24.3 Å². The van der Waals surface area contributed by atoms with E-state index < -0.39 is 17.9 Å². The van der Waals surface area contributed by atoms with Gasteiger partial charge in [0.25, 0.3) is 5.91 Å². The molecule has 1 aromatic heterocycles. The Labute approximate surface area is 138 Å². The Morgan fingerprint density at radius 2 is 1.67 bits per heavy atom. The maximum atomic E-state index is 12.2. The number of hydrogen-bond acceptors (Lipinski definition) is 4. The molecule has 2 aromatic carbocycles. The van der Waals surface area contributed by atoms with Crippen LogP contribution in [-0.4, -0.2) is 33.0 Å². The van der Waals surface area contributed by atoms with Gasteiger partial charge in [0.1, 0.15) is 6.04 Å². The van der Waals surface area contributed by atoms with Crippen LogP contribution >= 0.6 is 0 Å². The number of nitrogens with one attached hydrogen (secondary N) is 1. The molecular formula is C18H15N3O3. The van der Waals surface area contributed by atoms with Crippen LogP contribution in [0.25, 0.3) is 11.0 Å². The molecular weight excluding hydrogens is 306 g/mol. The fourth-order valence-corrected chi connectivity index (χ4v) is 2.33. The van der Waals surface area contributed by atoms with E-state index in [2.05, 4.69) is 15.3 Å². The normalized spacial score (nSPS) is 11.8. The van der Waals surface area contributed by atoms with Crippen LogP contribution in [0.5, 0.6) is 0 Å². The van der Waals surface area contributed by atoms with Crippen molar-refractivity contribution in [3.63, 3.8) is 0 Å². The molecule has 120 valence electrons. The Morgan fingerprint density at radius 3 is 2.38 bits per heavy atom. The van der Waals surface area contributed by atoms with Gasteiger partial charge in [0.2, 0.25) is 0 Å². The van der Waals surface area contributed by atoms with E-state index in [1.165, 1.54) is 6.20 Å². The predicted molar refractivity (Wildman–Crippen MR) is 88.6 cm³/mol. The third-order valence-corrected chi connectivity index (χ3v) is 3.55. The SMILES string of the molecule is O=C(N[C@H](Cc1cnc2ccccc2n1)C(=O)O)c1ccccc1. The molecule has 0 aliphatic carbocycles. The minimum Gasteiger partial charge on any atom is -0.480 e. The first-order chi connectivity index (χ1) is 11.6. The maximum Gasteiger partial charge on any atom is 0.326 e. The van der Waals surface area contributed by atoms with Gasteiger partial charge in [-0.25, -0.2) is 9.78 Å². The van der Waals surface area contributed by atoms with E-state index in [-0.39, 0.29) is 6.42 Å². The van der Waals surface area contributed by atoms with Crippen LogP contribution in [0, 0.1) is 0 Å². The summed E-state index contributed by atoms with van der Waals surface area (Å²) in [6.45, 7) is 0. The molecule has 0 spiro atoms. The summed E-state index contributed by atoms with van der Waals surface area (Å²) < 4.78 is 0. The topological polar surface area (TPSA) is 92.2 Å². The molecule has 0 unspecified atom stereocenters. The third kappa shape index (κ3) is 3.55. The second kappa shape index (κ2) is 6.87. The van der Waals surface area contributed by atoms with E-state index in [9.17, 15) is 14.7 Å². The van der Waals surface area contributed by atoms with Crippen molar-refractivity contribution in [1.29, 1.82) is 0 Å². The van der Waals surface area contributed by atoms with Crippen LogP contribution in [0.15, 0.2) is 60.8 Å². The highest BCUT2D eigenvalue weighted by Crippen LogP contribution is 2.10. The van der Waals surface area contributed by atoms with Crippen LogP contribution in [0.4, 0.5) is 0 Å². The molecule has 24 heavy (non-hydrogen) atoms. The summed E-state index contributed by atoms with van der Waals surface area (Å²) >= 11 is 0. The molecule has 0 aliphatic heterocycles. The van der Waals surface area contributed by atoms with Gasteiger partial charge in [0.15, 0.2) is 0 Å². The number of para-hydroxylation sites is 2. The van der Waals surface area contributed by atoms with E-state index in [4.69, 9.17) is 0 Å². The van der Waals surface area contributed by atoms with E-state index in [1.54, 1.807) is 30.3 Å². The monoisotopic (exact) mass is 321 g/mol. The minimum absolute atomic E-state index is 0.0613. The van der Waals surface area contributed by atoms with Crippen molar-refractivity contribution >= 4 is 22.9 Å². The quantitative estimate of drug-likeness (QED) is 0.750. The maximum absolute atomic E-state index is 12.2. The van der Waals surface area contributed by atoms with Gasteiger partial charge in [-0.3, -0.25) is 9.78 Å². The summed E-state index contributed by atoms with van der Waals surface area (Å²) in [5.41, 5.74) is 2.35. The number of nitrogens with zero attached hydrogens (tertiary/aromatic N) is 2. The minimum atomic E-state index is -1.12. The van der Waals surface area contributed by atoms with Crippen molar-refractivity contribution in [1.82, 2.24) is 15.3 Å². The lowest BCUT2D eigenvalue weighted by Crippen LogP contribution is -2.42.